The number of hydrogen-bond donors (Lipinski definition) is 1. The molecule has 0 aliphatic carbocycles. The summed E-state index contributed by atoms with van der Waals surface area (Å²) in [6, 6.07) is 7.66. The maximum absolute atomic E-state index is 10.4. The van der Waals surface area contributed by atoms with Gasteiger partial charge in [-0.2, -0.15) is 0 Å². The molecular weight excluding hydrogens is 288 g/mol. The van der Waals surface area contributed by atoms with E-state index in [9.17, 15) is 4.79 Å². The highest BCUT2D eigenvalue weighted by Crippen LogP contribution is 2.23. The van der Waals surface area contributed by atoms with Crippen molar-refractivity contribution in [3.05, 3.63) is 28.7 Å². The van der Waals surface area contributed by atoms with Crippen molar-refractivity contribution >= 4 is 45.3 Å². The fourth-order valence-electron chi connectivity index (χ4n) is 0.797. The number of carbonyl (C=O) groups is 1. The van der Waals surface area contributed by atoms with E-state index in [2.05, 4.69) is 15.9 Å². The molecule has 0 spiro atoms. The number of thioether (sulfide) groups is 1. The van der Waals surface area contributed by atoms with Crippen LogP contribution in [0.5, 0.6) is 0 Å². The van der Waals surface area contributed by atoms with Gasteiger partial charge < -0.3 is 5.11 Å². The normalized spacial score (nSPS) is 12.4. The number of carboxylic acid groups (broad SMARTS) is 1. The topological polar surface area (TPSA) is 37.3 Å². The van der Waals surface area contributed by atoms with Crippen LogP contribution in [0.3, 0.4) is 0 Å². The first-order valence-electron chi connectivity index (χ1n) is 3.85. The monoisotopic (exact) mass is 294 g/mol. The lowest BCUT2D eigenvalue weighted by Crippen LogP contribution is -2.15. The van der Waals surface area contributed by atoms with Crippen molar-refractivity contribution in [3.63, 3.8) is 0 Å². The van der Waals surface area contributed by atoms with Crippen LogP contribution < -0.4 is 0 Å². The first kappa shape index (κ1) is 11.9. The fourth-order valence-corrected chi connectivity index (χ4v) is 2.40. The molecule has 1 aromatic carbocycles. The van der Waals surface area contributed by atoms with Crippen molar-refractivity contribution in [1.29, 1.82) is 0 Å². The zero-order chi connectivity index (χ0) is 10.6. The van der Waals surface area contributed by atoms with Crippen molar-refractivity contribution in [2.24, 2.45) is 0 Å². The van der Waals surface area contributed by atoms with Crippen molar-refractivity contribution in [2.45, 2.75) is 10.3 Å². The van der Waals surface area contributed by atoms with E-state index in [1.54, 1.807) is 0 Å². The van der Waals surface area contributed by atoms with Gasteiger partial charge in [-0.05, 0) is 18.2 Å². The summed E-state index contributed by atoms with van der Waals surface area (Å²) in [6.07, 6.45) is 0. The van der Waals surface area contributed by atoms with Gasteiger partial charge in [0.2, 0.25) is 0 Å². The predicted molar refractivity (Wildman–Crippen MR) is 62.1 cm³/mol. The fraction of sp³-hybridized carbons (Fsp3) is 0.222. The van der Waals surface area contributed by atoms with Crippen LogP contribution in [0.2, 0.25) is 0 Å². The summed E-state index contributed by atoms with van der Waals surface area (Å²) in [7, 11) is 0. The molecule has 0 heterocycles. The summed E-state index contributed by atoms with van der Waals surface area (Å²) in [4.78, 5) is 11.4. The minimum atomic E-state index is -0.978. The maximum atomic E-state index is 10.4. The Morgan fingerprint density at radius 3 is 2.93 bits per heavy atom. The van der Waals surface area contributed by atoms with Crippen molar-refractivity contribution in [1.82, 2.24) is 0 Å². The molecule has 14 heavy (non-hydrogen) atoms. The Hall–Kier alpha value is -0.190. The molecule has 1 aromatic rings. The summed E-state index contributed by atoms with van der Waals surface area (Å²) < 4.78 is 0.976. The van der Waals surface area contributed by atoms with Crippen LogP contribution in [-0.2, 0) is 4.79 Å². The molecule has 0 aliphatic heterocycles. The van der Waals surface area contributed by atoms with Crippen LogP contribution in [0.25, 0.3) is 0 Å². The minimum absolute atomic E-state index is 0.368. The summed E-state index contributed by atoms with van der Waals surface area (Å²) in [5.41, 5.74) is 0. The number of aliphatic carboxylic acids is 1. The van der Waals surface area contributed by atoms with E-state index in [0.29, 0.717) is 5.75 Å². The van der Waals surface area contributed by atoms with Gasteiger partial charge in [0.25, 0.3) is 0 Å². The van der Waals surface area contributed by atoms with E-state index in [4.69, 9.17) is 16.7 Å². The Kier molecular flexibility index (Phi) is 4.78. The van der Waals surface area contributed by atoms with Gasteiger partial charge in [-0.1, -0.05) is 22.0 Å². The van der Waals surface area contributed by atoms with E-state index >= 15 is 0 Å². The summed E-state index contributed by atoms with van der Waals surface area (Å²) in [5, 5.41) is 7.73. The van der Waals surface area contributed by atoms with E-state index in [-0.39, 0.29) is 0 Å². The van der Waals surface area contributed by atoms with Crippen LogP contribution in [0.1, 0.15) is 0 Å². The van der Waals surface area contributed by atoms with Gasteiger partial charge in [-0.25, -0.2) is 0 Å². The molecule has 1 rings (SSSR count). The average Bonchev–Trinajstić information content (AvgIpc) is 2.14. The molecule has 0 saturated carbocycles. The third-order valence-corrected chi connectivity index (χ3v) is 3.56. The molecule has 0 radical (unpaired) electrons. The second-order valence-corrected chi connectivity index (χ2v) is 5.11. The zero-order valence-electron chi connectivity index (χ0n) is 7.11. The highest BCUT2D eigenvalue weighted by molar-refractivity contribution is 9.10. The van der Waals surface area contributed by atoms with Gasteiger partial charge in [0, 0.05) is 15.1 Å². The van der Waals surface area contributed by atoms with Gasteiger partial charge in [-0.15, -0.1) is 23.4 Å². The quantitative estimate of drug-likeness (QED) is 0.684. The minimum Gasteiger partial charge on any atom is -0.480 e. The molecule has 0 aliphatic rings. The molecule has 0 fully saturated rings. The van der Waals surface area contributed by atoms with Crippen molar-refractivity contribution < 1.29 is 9.90 Å². The van der Waals surface area contributed by atoms with E-state index in [0.717, 1.165) is 9.37 Å². The number of alkyl halides is 1. The van der Waals surface area contributed by atoms with Crippen molar-refractivity contribution in [2.75, 3.05) is 5.75 Å². The molecule has 0 bridgehead atoms. The largest absolute Gasteiger partial charge is 0.480 e. The summed E-state index contributed by atoms with van der Waals surface area (Å²) in [6.45, 7) is 0. The molecule has 0 aromatic heterocycles. The number of carboxylic acids is 1. The number of benzene rings is 1. The van der Waals surface area contributed by atoms with Gasteiger partial charge in [-0.3, -0.25) is 4.79 Å². The standard InChI is InChI=1S/C9H8BrClO2S/c10-6-2-1-3-7(4-6)14-5-8(11)9(12)13/h1-4,8H,5H2,(H,12,13). The number of rotatable bonds is 4. The molecule has 0 saturated heterocycles. The van der Waals surface area contributed by atoms with Gasteiger partial charge in [0.1, 0.15) is 5.38 Å². The third-order valence-electron chi connectivity index (χ3n) is 1.46. The van der Waals surface area contributed by atoms with Gasteiger partial charge >= 0.3 is 5.97 Å². The Bertz CT molecular complexity index is 332. The Labute approximate surface area is 99.8 Å². The van der Waals surface area contributed by atoms with Crippen LogP contribution in [0, 0.1) is 0 Å². The maximum Gasteiger partial charge on any atom is 0.322 e. The molecule has 1 N–H and O–H groups in total. The van der Waals surface area contributed by atoms with Gasteiger partial charge in [0.05, 0.1) is 0 Å². The zero-order valence-corrected chi connectivity index (χ0v) is 10.3. The van der Waals surface area contributed by atoms with Crippen LogP contribution in [0.4, 0.5) is 0 Å². The van der Waals surface area contributed by atoms with Crippen LogP contribution in [0.15, 0.2) is 33.6 Å². The van der Waals surface area contributed by atoms with Gasteiger partial charge in [0.15, 0.2) is 0 Å². The third kappa shape index (κ3) is 3.90. The molecule has 5 heteroatoms. The molecule has 1 unspecified atom stereocenters. The summed E-state index contributed by atoms with van der Waals surface area (Å²) in [5.74, 6) is -0.609. The highest BCUT2D eigenvalue weighted by atomic mass is 79.9. The first-order chi connectivity index (χ1) is 6.59. The van der Waals surface area contributed by atoms with Crippen molar-refractivity contribution in [3.8, 4) is 0 Å². The predicted octanol–water partition coefficient (Wildman–Crippen LogP) is 3.23. The molecule has 76 valence electrons. The van der Waals surface area contributed by atoms with Crippen LogP contribution >= 0.6 is 39.3 Å². The Morgan fingerprint density at radius 2 is 2.36 bits per heavy atom. The summed E-state index contributed by atoms with van der Waals surface area (Å²) >= 11 is 10.3. The van der Waals surface area contributed by atoms with Crippen LogP contribution in [-0.4, -0.2) is 22.2 Å². The van der Waals surface area contributed by atoms with E-state index in [1.807, 2.05) is 24.3 Å². The average molecular weight is 296 g/mol. The highest BCUT2D eigenvalue weighted by Gasteiger charge is 2.13. The Balaban J connectivity index is 2.49. The molecule has 1 atom stereocenters. The lowest BCUT2D eigenvalue weighted by Gasteiger charge is -2.04. The molecule has 2 nitrogen and oxygen atoms in total. The number of hydrogen-bond acceptors (Lipinski definition) is 2. The second-order valence-electron chi connectivity index (χ2n) is 2.57. The SMILES string of the molecule is O=C(O)C(Cl)CSc1cccc(Br)c1. The number of halogens is 2. The lowest BCUT2D eigenvalue weighted by atomic mass is 10.4. The van der Waals surface area contributed by atoms with E-state index in [1.165, 1.54) is 11.8 Å². The van der Waals surface area contributed by atoms with E-state index < -0.39 is 11.3 Å². The molecular formula is C9H8BrClO2S. The molecule has 0 amide bonds. The lowest BCUT2D eigenvalue weighted by molar-refractivity contribution is -0.136. The Morgan fingerprint density at radius 1 is 1.64 bits per heavy atom. The first-order valence-corrected chi connectivity index (χ1v) is 6.06. The smallest absolute Gasteiger partial charge is 0.322 e. The second kappa shape index (κ2) is 5.63.